The molecule has 0 fully saturated rings. The van der Waals surface area contributed by atoms with E-state index >= 15 is 0 Å². The van der Waals surface area contributed by atoms with Gasteiger partial charge < -0.3 is 0 Å². The van der Waals surface area contributed by atoms with Gasteiger partial charge in [0.2, 0.25) is 10.0 Å². The van der Waals surface area contributed by atoms with E-state index in [4.69, 9.17) is 0 Å². The van der Waals surface area contributed by atoms with Crippen LogP contribution in [0, 0.1) is 13.8 Å². The zero-order valence-corrected chi connectivity index (χ0v) is 10.1. The number of nitrogens with one attached hydrogen (secondary N) is 1. The molecular formula is C8H14N2O2S2. The van der Waals surface area contributed by atoms with Gasteiger partial charge in [0.15, 0.2) is 0 Å². The predicted octanol–water partition coefficient (Wildman–Crippen LogP) is 0.852. The molecule has 0 radical (unpaired) electrons. The van der Waals surface area contributed by atoms with Gasteiger partial charge in [-0.1, -0.05) is 0 Å². The van der Waals surface area contributed by atoms with Gasteiger partial charge >= 0.3 is 0 Å². The maximum absolute atomic E-state index is 10.8. The van der Waals surface area contributed by atoms with E-state index in [1.165, 1.54) is 4.88 Å². The SMILES string of the molecule is Cc1nc(CCNS(C)(=O)=O)sc1C. The first kappa shape index (κ1) is 11.6. The molecule has 0 spiro atoms. The quantitative estimate of drug-likeness (QED) is 0.840. The van der Waals surface area contributed by atoms with Gasteiger partial charge in [-0.2, -0.15) is 0 Å². The molecule has 0 aliphatic heterocycles. The lowest BCUT2D eigenvalue weighted by atomic mass is 10.4. The summed E-state index contributed by atoms with van der Waals surface area (Å²) >= 11 is 1.62. The molecule has 0 unspecified atom stereocenters. The highest BCUT2D eigenvalue weighted by atomic mass is 32.2. The van der Waals surface area contributed by atoms with E-state index in [9.17, 15) is 8.42 Å². The summed E-state index contributed by atoms with van der Waals surface area (Å²) in [4.78, 5) is 5.51. The first-order valence-electron chi connectivity index (χ1n) is 4.26. The molecule has 0 saturated heterocycles. The smallest absolute Gasteiger partial charge is 0.208 e. The van der Waals surface area contributed by atoms with E-state index in [0.29, 0.717) is 13.0 Å². The van der Waals surface area contributed by atoms with Gasteiger partial charge in [0.05, 0.1) is 17.0 Å². The second-order valence-electron chi connectivity index (χ2n) is 3.17. The standard InChI is InChI=1S/C8H14N2O2S2/c1-6-7(2)13-8(10-6)4-5-9-14(3,11)12/h9H,4-5H2,1-3H3. The van der Waals surface area contributed by atoms with E-state index < -0.39 is 10.0 Å². The van der Waals surface area contributed by atoms with E-state index in [1.54, 1.807) is 11.3 Å². The van der Waals surface area contributed by atoms with Crippen LogP contribution in [0.15, 0.2) is 0 Å². The molecule has 6 heteroatoms. The van der Waals surface area contributed by atoms with Crippen LogP contribution in [0.4, 0.5) is 0 Å². The van der Waals surface area contributed by atoms with Crippen molar-refractivity contribution in [3.8, 4) is 0 Å². The lowest BCUT2D eigenvalue weighted by Gasteiger charge is -1.98. The van der Waals surface area contributed by atoms with Crippen molar-refractivity contribution in [2.24, 2.45) is 0 Å². The van der Waals surface area contributed by atoms with Gasteiger partial charge in [0.25, 0.3) is 0 Å². The van der Waals surface area contributed by atoms with Crippen molar-refractivity contribution in [3.63, 3.8) is 0 Å². The number of hydrogen-bond donors (Lipinski definition) is 1. The summed E-state index contributed by atoms with van der Waals surface area (Å²) in [6.07, 6.45) is 1.82. The van der Waals surface area contributed by atoms with Crippen LogP contribution in [0.3, 0.4) is 0 Å². The van der Waals surface area contributed by atoms with Gasteiger partial charge in [-0.15, -0.1) is 11.3 Å². The maximum atomic E-state index is 10.8. The van der Waals surface area contributed by atoms with Gasteiger partial charge in [0.1, 0.15) is 0 Å². The molecule has 1 rings (SSSR count). The minimum absolute atomic E-state index is 0.422. The Balaban J connectivity index is 2.47. The maximum Gasteiger partial charge on any atom is 0.208 e. The Kier molecular flexibility index (Phi) is 3.63. The van der Waals surface area contributed by atoms with Crippen LogP contribution in [0.25, 0.3) is 0 Å². The molecule has 80 valence electrons. The highest BCUT2D eigenvalue weighted by Crippen LogP contribution is 2.16. The Morgan fingerprint density at radius 2 is 2.07 bits per heavy atom. The number of nitrogens with zero attached hydrogens (tertiary/aromatic N) is 1. The van der Waals surface area contributed by atoms with Crippen molar-refractivity contribution in [1.29, 1.82) is 0 Å². The molecule has 0 aliphatic carbocycles. The van der Waals surface area contributed by atoms with Crippen LogP contribution in [0.2, 0.25) is 0 Å². The third kappa shape index (κ3) is 3.73. The lowest BCUT2D eigenvalue weighted by molar-refractivity contribution is 0.588. The fourth-order valence-electron chi connectivity index (χ4n) is 0.989. The van der Waals surface area contributed by atoms with Crippen LogP contribution < -0.4 is 4.72 Å². The highest BCUT2D eigenvalue weighted by molar-refractivity contribution is 7.88. The summed E-state index contributed by atoms with van der Waals surface area (Å²) in [5.74, 6) is 0. The Hall–Kier alpha value is -0.460. The zero-order valence-electron chi connectivity index (χ0n) is 8.49. The number of sulfonamides is 1. The first-order chi connectivity index (χ1) is 6.38. The molecule has 0 amide bonds. The van der Waals surface area contributed by atoms with Crippen molar-refractivity contribution < 1.29 is 8.42 Å². The lowest BCUT2D eigenvalue weighted by Crippen LogP contribution is -2.24. The average Bonchev–Trinajstić information content (AvgIpc) is 2.28. The summed E-state index contributed by atoms with van der Waals surface area (Å²) in [5.41, 5.74) is 1.03. The van der Waals surface area contributed by atoms with E-state index in [2.05, 4.69) is 9.71 Å². The average molecular weight is 234 g/mol. The van der Waals surface area contributed by atoms with Crippen molar-refractivity contribution in [1.82, 2.24) is 9.71 Å². The molecule has 0 aliphatic rings. The minimum Gasteiger partial charge on any atom is -0.246 e. The summed E-state index contributed by atoms with van der Waals surface area (Å²) in [7, 11) is -3.07. The first-order valence-corrected chi connectivity index (χ1v) is 6.97. The van der Waals surface area contributed by atoms with E-state index in [0.717, 1.165) is 17.0 Å². The third-order valence-corrected chi connectivity index (χ3v) is 3.64. The van der Waals surface area contributed by atoms with Gasteiger partial charge in [0, 0.05) is 17.8 Å². The Bertz CT molecular complexity index is 389. The van der Waals surface area contributed by atoms with Crippen LogP contribution in [0.1, 0.15) is 15.6 Å². The summed E-state index contributed by atoms with van der Waals surface area (Å²) < 4.78 is 24.0. The monoisotopic (exact) mass is 234 g/mol. The fourth-order valence-corrected chi connectivity index (χ4v) is 2.40. The molecule has 0 saturated carbocycles. The molecule has 1 aromatic rings. The van der Waals surface area contributed by atoms with Gasteiger partial charge in [-0.3, -0.25) is 0 Å². The number of aromatic nitrogens is 1. The Morgan fingerprint density at radius 1 is 1.43 bits per heavy atom. The number of aryl methyl sites for hydroxylation is 2. The molecule has 1 N–H and O–H groups in total. The zero-order chi connectivity index (χ0) is 10.8. The van der Waals surface area contributed by atoms with Crippen molar-refractivity contribution in [3.05, 3.63) is 15.6 Å². The van der Waals surface area contributed by atoms with Gasteiger partial charge in [-0.25, -0.2) is 18.1 Å². The Morgan fingerprint density at radius 3 is 2.50 bits per heavy atom. The molecule has 0 aromatic carbocycles. The minimum atomic E-state index is -3.07. The Labute approximate surface area is 88.4 Å². The van der Waals surface area contributed by atoms with Crippen molar-refractivity contribution in [2.45, 2.75) is 20.3 Å². The summed E-state index contributed by atoms with van der Waals surface area (Å²) in [5, 5.41) is 0.983. The molecule has 1 heterocycles. The van der Waals surface area contributed by atoms with Crippen LogP contribution in [0.5, 0.6) is 0 Å². The van der Waals surface area contributed by atoms with Crippen LogP contribution >= 0.6 is 11.3 Å². The fraction of sp³-hybridized carbons (Fsp3) is 0.625. The topological polar surface area (TPSA) is 59.1 Å². The second kappa shape index (κ2) is 4.37. The summed E-state index contributed by atoms with van der Waals surface area (Å²) in [6, 6.07) is 0. The van der Waals surface area contributed by atoms with Crippen molar-refractivity contribution in [2.75, 3.05) is 12.8 Å². The van der Waals surface area contributed by atoms with Gasteiger partial charge in [-0.05, 0) is 13.8 Å². The molecule has 0 bridgehead atoms. The number of rotatable bonds is 4. The molecular weight excluding hydrogens is 220 g/mol. The predicted molar refractivity (Wildman–Crippen MR) is 58.1 cm³/mol. The van der Waals surface area contributed by atoms with E-state index in [1.807, 2.05) is 13.8 Å². The molecule has 14 heavy (non-hydrogen) atoms. The normalized spacial score (nSPS) is 11.9. The molecule has 0 atom stereocenters. The highest BCUT2D eigenvalue weighted by Gasteiger charge is 2.04. The second-order valence-corrected chi connectivity index (χ2v) is 6.29. The van der Waals surface area contributed by atoms with Crippen LogP contribution in [-0.4, -0.2) is 26.2 Å². The van der Waals surface area contributed by atoms with E-state index in [-0.39, 0.29) is 0 Å². The van der Waals surface area contributed by atoms with Crippen LogP contribution in [-0.2, 0) is 16.4 Å². The number of thiazole rings is 1. The largest absolute Gasteiger partial charge is 0.246 e. The van der Waals surface area contributed by atoms with Crippen molar-refractivity contribution >= 4 is 21.4 Å². The molecule has 1 aromatic heterocycles. The molecule has 4 nitrogen and oxygen atoms in total. The number of hydrogen-bond acceptors (Lipinski definition) is 4. The summed E-state index contributed by atoms with van der Waals surface area (Å²) in [6.45, 7) is 4.39. The third-order valence-electron chi connectivity index (χ3n) is 1.78.